The Bertz CT molecular complexity index is 567. The third-order valence-electron chi connectivity index (χ3n) is 4.21. The Hall–Kier alpha value is -1.04. The first-order valence-electron chi connectivity index (χ1n) is 6.83. The molecule has 0 aromatic heterocycles. The van der Waals surface area contributed by atoms with Gasteiger partial charge in [0, 0.05) is 5.56 Å². The monoisotopic (exact) mass is 310 g/mol. The number of ether oxygens (including phenoxy) is 1. The zero-order valence-electron chi connectivity index (χ0n) is 13.2. The molecule has 0 amide bonds. The van der Waals surface area contributed by atoms with E-state index in [1.165, 1.54) is 14.0 Å². The first kappa shape index (κ1) is 16.3. The molecule has 114 valence electrons. The van der Waals surface area contributed by atoms with Crippen LogP contribution in [0.3, 0.4) is 0 Å². The van der Waals surface area contributed by atoms with Gasteiger partial charge >= 0.3 is 7.12 Å². The van der Waals surface area contributed by atoms with E-state index in [1.54, 1.807) is 12.1 Å². The zero-order valence-corrected chi connectivity index (χ0v) is 14.0. The summed E-state index contributed by atoms with van der Waals surface area (Å²) in [6.45, 7) is 9.36. The van der Waals surface area contributed by atoms with Crippen molar-refractivity contribution >= 4 is 30.0 Å². The van der Waals surface area contributed by atoms with Gasteiger partial charge in [-0.25, -0.2) is 0 Å². The Morgan fingerprint density at radius 1 is 1.19 bits per heavy atom. The molecule has 4 nitrogen and oxygen atoms in total. The maximum Gasteiger partial charge on any atom is 0.495 e. The van der Waals surface area contributed by atoms with Crippen molar-refractivity contribution < 1.29 is 18.8 Å². The van der Waals surface area contributed by atoms with Gasteiger partial charge in [-0.05, 0) is 52.2 Å². The molecule has 1 aromatic carbocycles. The maximum absolute atomic E-state index is 11.9. The van der Waals surface area contributed by atoms with E-state index in [0.717, 1.165) is 0 Å². The van der Waals surface area contributed by atoms with Crippen molar-refractivity contribution in [1.82, 2.24) is 0 Å². The van der Waals surface area contributed by atoms with Crippen molar-refractivity contribution in [3.8, 4) is 5.75 Å². The molecule has 1 aliphatic heterocycles. The second-order valence-corrected chi connectivity index (χ2v) is 6.63. The summed E-state index contributed by atoms with van der Waals surface area (Å²) in [5.74, 6) is 0.399. The average Bonchev–Trinajstić information content (AvgIpc) is 2.57. The normalized spacial score (nSPS) is 19.7. The van der Waals surface area contributed by atoms with Crippen molar-refractivity contribution in [3.05, 3.63) is 22.7 Å². The molecule has 0 radical (unpaired) electrons. The lowest BCUT2D eigenvalue weighted by Gasteiger charge is -2.32. The highest BCUT2D eigenvalue weighted by molar-refractivity contribution is 6.64. The number of halogens is 1. The van der Waals surface area contributed by atoms with E-state index in [-0.39, 0.29) is 5.78 Å². The number of rotatable bonds is 3. The van der Waals surface area contributed by atoms with Gasteiger partial charge in [0.2, 0.25) is 0 Å². The number of benzene rings is 1. The van der Waals surface area contributed by atoms with Gasteiger partial charge < -0.3 is 14.0 Å². The molecule has 6 heteroatoms. The lowest BCUT2D eigenvalue weighted by molar-refractivity contribution is 0.00578. The van der Waals surface area contributed by atoms with Crippen molar-refractivity contribution in [2.75, 3.05) is 7.11 Å². The number of methoxy groups -OCH3 is 1. The SMILES string of the molecule is COc1cc(B2OC(C)(C)C(C)(C)O2)c(C(C)=O)cc1Cl. The fraction of sp³-hybridized carbons (Fsp3) is 0.533. The van der Waals surface area contributed by atoms with Gasteiger partial charge in [-0.1, -0.05) is 11.6 Å². The van der Waals surface area contributed by atoms with Crippen LogP contribution in [0.2, 0.25) is 5.02 Å². The molecule has 21 heavy (non-hydrogen) atoms. The van der Waals surface area contributed by atoms with Gasteiger partial charge in [0.25, 0.3) is 0 Å². The highest BCUT2D eigenvalue weighted by Crippen LogP contribution is 2.37. The van der Waals surface area contributed by atoms with E-state index in [4.69, 9.17) is 25.6 Å². The first-order valence-corrected chi connectivity index (χ1v) is 7.21. The van der Waals surface area contributed by atoms with Crippen LogP contribution in [0.1, 0.15) is 45.0 Å². The van der Waals surface area contributed by atoms with Crippen LogP contribution in [-0.4, -0.2) is 31.2 Å². The fourth-order valence-electron chi connectivity index (χ4n) is 2.20. The molecule has 0 bridgehead atoms. The highest BCUT2D eigenvalue weighted by Gasteiger charge is 2.52. The van der Waals surface area contributed by atoms with E-state index in [0.29, 0.717) is 21.8 Å². The lowest BCUT2D eigenvalue weighted by atomic mass is 9.75. The van der Waals surface area contributed by atoms with Crippen LogP contribution in [-0.2, 0) is 9.31 Å². The second kappa shape index (κ2) is 5.31. The molecule has 0 spiro atoms. The zero-order chi connectivity index (χ0) is 16.0. The Labute approximate surface area is 130 Å². The van der Waals surface area contributed by atoms with Crippen LogP contribution < -0.4 is 10.2 Å². The third kappa shape index (κ3) is 2.82. The summed E-state index contributed by atoms with van der Waals surface area (Å²) >= 11 is 6.11. The third-order valence-corrected chi connectivity index (χ3v) is 4.51. The number of hydrogen-bond acceptors (Lipinski definition) is 4. The standard InChI is InChI=1S/C15H20BClO4/c1-9(18)10-7-12(17)13(19-6)8-11(10)16-20-14(2,3)15(4,5)21-16/h7-8H,1-6H3. The Morgan fingerprint density at radius 3 is 2.14 bits per heavy atom. The van der Waals surface area contributed by atoms with Crippen LogP contribution in [0.25, 0.3) is 0 Å². The second-order valence-electron chi connectivity index (χ2n) is 6.22. The summed E-state index contributed by atoms with van der Waals surface area (Å²) < 4.78 is 17.2. The number of carbonyl (C=O) groups is 1. The van der Waals surface area contributed by atoms with E-state index in [1.807, 2.05) is 27.7 Å². The molecule has 1 aromatic rings. The van der Waals surface area contributed by atoms with E-state index in [9.17, 15) is 4.79 Å². The van der Waals surface area contributed by atoms with E-state index >= 15 is 0 Å². The number of ketones is 1. The summed E-state index contributed by atoms with van der Waals surface area (Å²) in [4.78, 5) is 11.9. The smallest absolute Gasteiger partial charge is 0.495 e. The van der Waals surface area contributed by atoms with Crippen LogP contribution >= 0.6 is 11.6 Å². The van der Waals surface area contributed by atoms with Gasteiger partial charge in [0.1, 0.15) is 5.75 Å². The predicted molar refractivity (Wildman–Crippen MR) is 83.7 cm³/mol. The average molecular weight is 311 g/mol. The van der Waals surface area contributed by atoms with Crippen molar-refractivity contribution in [2.24, 2.45) is 0 Å². The van der Waals surface area contributed by atoms with Gasteiger partial charge in [0.05, 0.1) is 23.3 Å². The molecule has 0 unspecified atom stereocenters. The van der Waals surface area contributed by atoms with Crippen molar-refractivity contribution in [2.45, 2.75) is 45.8 Å². The van der Waals surface area contributed by atoms with E-state index < -0.39 is 18.3 Å². The fourth-order valence-corrected chi connectivity index (χ4v) is 2.44. The van der Waals surface area contributed by atoms with Crippen LogP contribution in [0, 0.1) is 0 Å². The Balaban J connectivity index is 2.51. The molecule has 1 saturated heterocycles. The van der Waals surface area contributed by atoms with Crippen LogP contribution in [0.5, 0.6) is 5.75 Å². The molecule has 1 aliphatic rings. The molecule has 1 fully saturated rings. The minimum Gasteiger partial charge on any atom is -0.495 e. The molecule has 0 aliphatic carbocycles. The first-order chi connectivity index (χ1) is 9.59. The van der Waals surface area contributed by atoms with E-state index in [2.05, 4.69) is 0 Å². The molecule has 0 N–H and O–H groups in total. The minimum atomic E-state index is -0.625. The molecular weight excluding hydrogens is 290 g/mol. The van der Waals surface area contributed by atoms with Crippen molar-refractivity contribution in [3.63, 3.8) is 0 Å². The van der Waals surface area contributed by atoms with Gasteiger partial charge in [-0.15, -0.1) is 0 Å². The van der Waals surface area contributed by atoms with Crippen LogP contribution in [0.15, 0.2) is 12.1 Å². The van der Waals surface area contributed by atoms with Gasteiger partial charge in [0.15, 0.2) is 5.78 Å². The summed E-state index contributed by atoms with van der Waals surface area (Å²) in [7, 11) is 0.905. The quantitative estimate of drug-likeness (QED) is 0.636. The molecule has 0 atom stereocenters. The molecule has 0 saturated carbocycles. The molecule has 2 rings (SSSR count). The summed E-state index contributed by atoms with van der Waals surface area (Å²) in [5, 5.41) is 0.392. The lowest BCUT2D eigenvalue weighted by Crippen LogP contribution is -2.41. The predicted octanol–water partition coefficient (Wildman–Crippen LogP) is 2.85. The highest BCUT2D eigenvalue weighted by atomic mass is 35.5. The van der Waals surface area contributed by atoms with Gasteiger partial charge in [-0.2, -0.15) is 0 Å². The summed E-state index contributed by atoms with van der Waals surface area (Å²) in [6.07, 6.45) is 0. The largest absolute Gasteiger partial charge is 0.495 e. The summed E-state index contributed by atoms with van der Waals surface area (Å²) in [6, 6.07) is 3.31. The Morgan fingerprint density at radius 2 is 1.71 bits per heavy atom. The molecular formula is C15H20BClO4. The topological polar surface area (TPSA) is 44.8 Å². The maximum atomic E-state index is 11.9. The Kier molecular flexibility index (Phi) is 4.13. The van der Waals surface area contributed by atoms with Gasteiger partial charge in [-0.3, -0.25) is 4.79 Å². The summed E-state index contributed by atoms with van der Waals surface area (Å²) in [5.41, 5.74) is 0.179. The minimum absolute atomic E-state index is 0.0933. The number of hydrogen-bond donors (Lipinski definition) is 0. The number of carbonyl (C=O) groups excluding carboxylic acids is 1. The molecule has 1 heterocycles. The van der Waals surface area contributed by atoms with Crippen molar-refractivity contribution in [1.29, 1.82) is 0 Å². The number of Topliss-reactive ketones (excluding diaryl/α,β-unsaturated/α-hetero) is 1. The van der Waals surface area contributed by atoms with Crippen LogP contribution in [0.4, 0.5) is 0 Å².